The number of rotatable bonds is 6. The molecule has 0 aliphatic heterocycles. The largest absolute Gasteiger partial charge is 0.438 e. The van der Waals surface area contributed by atoms with Gasteiger partial charge in [0.2, 0.25) is 17.7 Å². The molecule has 0 atom stereocenters. The number of aromatic nitrogens is 3. The van der Waals surface area contributed by atoms with Crippen LogP contribution in [0, 0.1) is 13.8 Å². The smallest absolute Gasteiger partial charge is 0.252 e. The molecule has 8 nitrogen and oxygen atoms in total. The van der Waals surface area contributed by atoms with Crippen molar-refractivity contribution >= 4 is 11.9 Å². The van der Waals surface area contributed by atoms with Gasteiger partial charge in [-0.25, -0.2) is 9.97 Å². The molecule has 0 fully saturated rings. The van der Waals surface area contributed by atoms with Gasteiger partial charge in [0.05, 0.1) is 12.1 Å². The first-order chi connectivity index (χ1) is 13.4. The molecule has 3 aromatic rings. The third kappa shape index (κ3) is 4.73. The number of aryl methyl sites for hydroxylation is 2. The van der Waals surface area contributed by atoms with E-state index in [1.165, 1.54) is 6.07 Å². The number of anilines is 1. The van der Waals surface area contributed by atoms with Crippen molar-refractivity contribution in [3.63, 3.8) is 0 Å². The van der Waals surface area contributed by atoms with Crippen LogP contribution in [-0.4, -0.2) is 20.9 Å². The van der Waals surface area contributed by atoms with Gasteiger partial charge < -0.3 is 15.8 Å². The summed E-state index contributed by atoms with van der Waals surface area (Å²) < 4.78 is 6.02. The lowest BCUT2D eigenvalue weighted by atomic mass is 10.1. The van der Waals surface area contributed by atoms with Crippen LogP contribution in [0.15, 0.2) is 47.4 Å². The summed E-state index contributed by atoms with van der Waals surface area (Å²) >= 11 is 0. The van der Waals surface area contributed by atoms with E-state index in [1.54, 1.807) is 12.3 Å². The third-order valence-corrected chi connectivity index (χ3v) is 4.09. The summed E-state index contributed by atoms with van der Waals surface area (Å²) in [6, 6.07) is 10.7. The summed E-state index contributed by atoms with van der Waals surface area (Å²) in [6.45, 7) is 4.16. The van der Waals surface area contributed by atoms with E-state index in [0.29, 0.717) is 11.6 Å². The number of amides is 1. The molecule has 1 amide bonds. The highest BCUT2D eigenvalue weighted by Gasteiger charge is 2.12. The maximum Gasteiger partial charge on any atom is 0.252 e. The number of aromatic amines is 1. The Balaban J connectivity index is 1.70. The van der Waals surface area contributed by atoms with Crippen LogP contribution < -0.4 is 21.3 Å². The lowest BCUT2D eigenvalue weighted by Gasteiger charge is -2.14. The quantitative estimate of drug-likeness (QED) is 0.602. The van der Waals surface area contributed by atoms with E-state index in [4.69, 9.17) is 10.5 Å². The van der Waals surface area contributed by atoms with E-state index in [-0.39, 0.29) is 24.8 Å². The Bertz CT molecular complexity index is 1040. The molecule has 8 heteroatoms. The molecule has 0 bridgehead atoms. The first-order valence-electron chi connectivity index (χ1n) is 8.73. The molecular weight excluding hydrogens is 358 g/mol. The van der Waals surface area contributed by atoms with Crippen LogP contribution in [0.1, 0.15) is 22.4 Å². The minimum absolute atomic E-state index is 0.0214. The predicted octanol–water partition coefficient (Wildman–Crippen LogP) is 2.02. The van der Waals surface area contributed by atoms with Crippen LogP contribution >= 0.6 is 0 Å². The van der Waals surface area contributed by atoms with E-state index in [1.807, 2.05) is 38.1 Å². The van der Waals surface area contributed by atoms with Gasteiger partial charge in [0.15, 0.2) is 0 Å². The number of benzene rings is 1. The maximum absolute atomic E-state index is 12.2. The minimum Gasteiger partial charge on any atom is -0.438 e. The fraction of sp³-hybridized carbons (Fsp3) is 0.200. The maximum atomic E-state index is 12.2. The number of H-pyrrole nitrogens is 1. The molecule has 2 heterocycles. The van der Waals surface area contributed by atoms with Gasteiger partial charge in [-0.15, -0.1) is 0 Å². The molecule has 0 radical (unpaired) electrons. The number of ether oxygens (including phenoxy) is 1. The summed E-state index contributed by atoms with van der Waals surface area (Å²) in [6.07, 6.45) is 1.58. The number of hydrogen-bond donors (Lipinski definition) is 3. The molecule has 0 aliphatic rings. The second-order valence-electron chi connectivity index (χ2n) is 6.37. The number of nitrogens with zero attached hydrogens (tertiary/aromatic N) is 2. The first-order valence-corrected chi connectivity index (χ1v) is 8.73. The Morgan fingerprint density at radius 3 is 2.68 bits per heavy atom. The van der Waals surface area contributed by atoms with Crippen LogP contribution in [-0.2, 0) is 17.8 Å². The fourth-order valence-corrected chi connectivity index (χ4v) is 2.75. The highest BCUT2D eigenvalue weighted by molar-refractivity contribution is 5.78. The molecule has 28 heavy (non-hydrogen) atoms. The Hall–Kier alpha value is -3.68. The van der Waals surface area contributed by atoms with E-state index in [2.05, 4.69) is 20.3 Å². The molecule has 1 aromatic carbocycles. The SMILES string of the molecule is Cc1cccc(C)c1Oc1ncccc1CNC(=O)Cc1cc(=O)[nH]c(N)n1. The zero-order chi connectivity index (χ0) is 20.1. The number of pyridine rings is 1. The van der Waals surface area contributed by atoms with Crippen LogP contribution in [0.4, 0.5) is 5.95 Å². The molecular formula is C20H21N5O3. The highest BCUT2D eigenvalue weighted by atomic mass is 16.5. The number of nitrogen functional groups attached to an aromatic ring is 1. The van der Waals surface area contributed by atoms with Gasteiger partial charge in [0.25, 0.3) is 5.56 Å². The first kappa shape index (κ1) is 19.1. The average molecular weight is 379 g/mol. The minimum atomic E-state index is -0.396. The van der Waals surface area contributed by atoms with E-state index in [0.717, 1.165) is 22.4 Å². The van der Waals surface area contributed by atoms with Gasteiger partial charge in [-0.2, -0.15) is 0 Å². The van der Waals surface area contributed by atoms with Crippen molar-refractivity contribution in [1.82, 2.24) is 20.3 Å². The number of carbonyl (C=O) groups excluding carboxylic acids is 1. The molecule has 2 aromatic heterocycles. The van der Waals surface area contributed by atoms with Crippen molar-refractivity contribution < 1.29 is 9.53 Å². The van der Waals surface area contributed by atoms with E-state index >= 15 is 0 Å². The Morgan fingerprint density at radius 2 is 1.96 bits per heavy atom. The number of para-hydroxylation sites is 1. The molecule has 0 saturated carbocycles. The normalized spacial score (nSPS) is 10.5. The number of hydrogen-bond acceptors (Lipinski definition) is 6. The summed E-state index contributed by atoms with van der Waals surface area (Å²) in [7, 11) is 0. The van der Waals surface area contributed by atoms with Crippen molar-refractivity contribution in [2.24, 2.45) is 0 Å². The zero-order valence-corrected chi connectivity index (χ0v) is 15.7. The molecule has 3 rings (SSSR count). The Labute approximate surface area is 161 Å². The monoisotopic (exact) mass is 379 g/mol. The van der Waals surface area contributed by atoms with Gasteiger partial charge in [0, 0.05) is 24.4 Å². The van der Waals surface area contributed by atoms with Crippen LogP contribution in [0.25, 0.3) is 0 Å². The summed E-state index contributed by atoms with van der Waals surface area (Å²) in [5.74, 6) is 0.863. The molecule has 144 valence electrons. The topological polar surface area (TPSA) is 123 Å². The third-order valence-electron chi connectivity index (χ3n) is 4.09. The van der Waals surface area contributed by atoms with E-state index in [9.17, 15) is 9.59 Å². The standard InChI is InChI=1S/C20H21N5O3/c1-12-5-3-6-13(2)18(12)28-19-14(7-4-8-22-19)11-23-16(26)9-15-10-17(27)25-20(21)24-15/h3-8,10H,9,11H2,1-2H3,(H,23,26)(H3,21,24,25,27). The van der Waals surface area contributed by atoms with E-state index < -0.39 is 5.56 Å². The molecule has 0 aliphatic carbocycles. The van der Waals surface area contributed by atoms with Gasteiger partial charge in [-0.05, 0) is 31.0 Å². The van der Waals surface area contributed by atoms with Crippen molar-refractivity contribution in [2.75, 3.05) is 5.73 Å². The predicted molar refractivity (Wildman–Crippen MR) is 105 cm³/mol. The van der Waals surface area contributed by atoms with Gasteiger partial charge in [0.1, 0.15) is 5.75 Å². The number of carbonyl (C=O) groups is 1. The van der Waals surface area contributed by atoms with Crippen molar-refractivity contribution in [3.8, 4) is 11.6 Å². The molecule has 0 unspecified atom stereocenters. The van der Waals surface area contributed by atoms with Gasteiger partial charge in [-0.1, -0.05) is 24.3 Å². The van der Waals surface area contributed by atoms with Gasteiger partial charge >= 0.3 is 0 Å². The van der Waals surface area contributed by atoms with Crippen molar-refractivity contribution in [2.45, 2.75) is 26.8 Å². The second-order valence-corrected chi connectivity index (χ2v) is 6.37. The van der Waals surface area contributed by atoms with Gasteiger partial charge in [-0.3, -0.25) is 14.6 Å². The lowest BCUT2D eigenvalue weighted by molar-refractivity contribution is -0.120. The summed E-state index contributed by atoms with van der Waals surface area (Å²) in [4.78, 5) is 34.2. The Kier molecular flexibility index (Phi) is 5.69. The highest BCUT2D eigenvalue weighted by Crippen LogP contribution is 2.29. The van der Waals surface area contributed by atoms with Crippen LogP contribution in [0.2, 0.25) is 0 Å². The van der Waals surface area contributed by atoms with Crippen molar-refractivity contribution in [3.05, 3.63) is 75.3 Å². The molecule has 4 N–H and O–H groups in total. The lowest BCUT2D eigenvalue weighted by Crippen LogP contribution is -2.26. The van der Waals surface area contributed by atoms with Crippen molar-refractivity contribution in [1.29, 1.82) is 0 Å². The zero-order valence-electron chi connectivity index (χ0n) is 15.7. The summed E-state index contributed by atoms with van der Waals surface area (Å²) in [5.41, 5.74) is 8.13. The molecule has 0 saturated heterocycles. The average Bonchev–Trinajstić information content (AvgIpc) is 2.63. The van der Waals surface area contributed by atoms with Crippen LogP contribution in [0.3, 0.4) is 0 Å². The number of nitrogens with two attached hydrogens (primary N) is 1. The van der Waals surface area contributed by atoms with Crippen LogP contribution in [0.5, 0.6) is 11.6 Å². The number of nitrogens with one attached hydrogen (secondary N) is 2. The fourth-order valence-electron chi connectivity index (χ4n) is 2.75. The molecule has 0 spiro atoms. The Morgan fingerprint density at radius 1 is 1.21 bits per heavy atom. The summed E-state index contributed by atoms with van der Waals surface area (Å²) in [5, 5.41) is 2.79. The second kappa shape index (κ2) is 8.34.